The van der Waals surface area contributed by atoms with Crippen LogP contribution < -0.4 is 0 Å². The summed E-state index contributed by atoms with van der Waals surface area (Å²) in [6.45, 7) is 1.31. The minimum Gasteiger partial charge on any atom is -0.457 e. The zero-order valence-corrected chi connectivity index (χ0v) is 12.0. The standard InChI is InChI=1S/C13H13F4NO2.ClH/c1-18-4-2-3-7(6-18)20-13(19)8-5-9(14)11(16)12(17)10(8)15;/h5,7H,2-4,6H2,1H3;1H. The summed E-state index contributed by atoms with van der Waals surface area (Å²) in [6.07, 6.45) is 0.907. The van der Waals surface area contributed by atoms with Crippen LogP contribution in [0.25, 0.3) is 0 Å². The van der Waals surface area contributed by atoms with Crippen LogP contribution in [0.3, 0.4) is 0 Å². The highest BCUT2D eigenvalue weighted by molar-refractivity contribution is 5.89. The molecule has 0 spiro atoms. The Labute approximate surface area is 125 Å². The molecule has 8 heteroatoms. The highest BCUT2D eigenvalue weighted by Gasteiger charge is 2.27. The van der Waals surface area contributed by atoms with Crippen LogP contribution in [0, 0.1) is 23.3 Å². The Bertz CT molecular complexity index is 541. The first kappa shape index (κ1) is 17.7. The molecule has 1 aliphatic rings. The number of rotatable bonds is 2. The number of nitrogens with zero attached hydrogens (tertiary/aromatic N) is 1. The molecule has 1 unspecified atom stereocenters. The summed E-state index contributed by atoms with van der Waals surface area (Å²) in [4.78, 5) is 13.6. The Hall–Kier alpha value is -1.34. The first-order valence-electron chi connectivity index (χ1n) is 6.12. The summed E-state index contributed by atoms with van der Waals surface area (Å²) in [5, 5.41) is 0. The van der Waals surface area contributed by atoms with E-state index in [0.717, 1.165) is 13.0 Å². The smallest absolute Gasteiger partial charge is 0.341 e. The lowest BCUT2D eigenvalue weighted by atomic mass is 10.1. The van der Waals surface area contributed by atoms with Crippen molar-refractivity contribution in [2.45, 2.75) is 18.9 Å². The molecule has 0 N–H and O–H groups in total. The molecule has 1 atom stereocenters. The quantitative estimate of drug-likeness (QED) is 0.362. The average molecular weight is 328 g/mol. The molecule has 21 heavy (non-hydrogen) atoms. The van der Waals surface area contributed by atoms with E-state index in [2.05, 4.69) is 0 Å². The molecule has 0 bridgehead atoms. The Morgan fingerprint density at radius 3 is 2.52 bits per heavy atom. The Kier molecular flexibility index (Phi) is 5.98. The van der Waals surface area contributed by atoms with Gasteiger partial charge in [0.2, 0.25) is 0 Å². The number of ether oxygens (including phenoxy) is 1. The van der Waals surface area contributed by atoms with Gasteiger partial charge in [-0.3, -0.25) is 0 Å². The van der Waals surface area contributed by atoms with Crippen molar-refractivity contribution in [2.75, 3.05) is 20.1 Å². The summed E-state index contributed by atoms with van der Waals surface area (Å²) < 4.78 is 57.3. The zero-order chi connectivity index (χ0) is 14.9. The van der Waals surface area contributed by atoms with Crippen LogP contribution in [0.4, 0.5) is 17.6 Å². The molecule has 0 radical (unpaired) electrons. The van der Waals surface area contributed by atoms with Gasteiger partial charge in [0.1, 0.15) is 11.7 Å². The molecule has 1 fully saturated rings. The van der Waals surface area contributed by atoms with E-state index < -0.39 is 40.9 Å². The Balaban J connectivity index is 0.00000220. The van der Waals surface area contributed by atoms with E-state index in [9.17, 15) is 22.4 Å². The third kappa shape index (κ3) is 3.85. The van der Waals surface area contributed by atoms with Crippen LogP contribution in [0.15, 0.2) is 6.07 Å². The third-order valence-corrected chi connectivity index (χ3v) is 3.18. The Morgan fingerprint density at radius 1 is 1.24 bits per heavy atom. The number of carbonyl (C=O) groups excluding carboxylic acids is 1. The van der Waals surface area contributed by atoms with Crippen LogP contribution in [0.1, 0.15) is 23.2 Å². The molecule has 1 aromatic rings. The molecule has 1 aromatic carbocycles. The molecule has 118 valence electrons. The first-order valence-corrected chi connectivity index (χ1v) is 6.12. The van der Waals surface area contributed by atoms with Gasteiger partial charge in [-0.15, -0.1) is 12.4 Å². The summed E-state index contributed by atoms with van der Waals surface area (Å²) in [5.74, 6) is -8.52. The molecule has 2 rings (SSSR count). The maximum atomic E-state index is 13.4. The molecule has 0 saturated carbocycles. The van der Waals surface area contributed by atoms with Crippen molar-refractivity contribution in [3.63, 3.8) is 0 Å². The van der Waals surface area contributed by atoms with Crippen molar-refractivity contribution < 1.29 is 27.1 Å². The highest BCUT2D eigenvalue weighted by atomic mass is 35.5. The van der Waals surface area contributed by atoms with Crippen LogP contribution in [0.5, 0.6) is 0 Å². The van der Waals surface area contributed by atoms with Crippen molar-refractivity contribution in [1.29, 1.82) is 0 Å². The van der Waals surface area contributed by atoms with Gasteiger partial charge in [-0.1, -0.05) is 0 Å². The van der Waals surface area contributed by atoms with Gasteiger partial charge < -0.3 is 9.64 Å². The summed E-state index contributed by atoms with van der Waals surface area (Å²) >= 11 is 0. The fourth-order valence-electron chi connectivity index (χ4n) is 2.15. The van der Waals surface area contributed by atoms with Crippen LogP contribution >= 0.6 is 12.4 Å². The number of hydrogen-bond donors (Lipinski definition) is 0. The van der Waals surface area contributed by atoms with Crippen molar-refractivity contribution >= 4 is 18.4 Å². The van der Waals surface area contributed by atoms with Gasteiger partial charge >= 0.3 is 5.97 Å². The van der Waals surface area contributed by atoms with Crippen LogP contribution in [0.2, 0.25) is 0 Å². The van der Waals surface area contributed by atoms with Gasteiger partial charge in [0, 0.05) is 6.54 Å². The van der Waals surface area contributed by atoms with Gasteiger partial charge in [-0.25, -0.2) is 22.4 Å². The number of likely N-dealkylation sites (tertiary alicyclic amines) is 1. The molecular weight excluding hydrogens is 314 g/mol. The fraction of sp³-hybridized carbons (Fsp3) is 0.462. The van der Waals surface area contributed by atoms with E-state index in [-0.39, 0.29) is 12.4 Å². The minimum atomic E-state index is -2.02. The van der Waals surface area contributed by atoms with E-state index in [0.29, 0.717) is 19.0 Å². The number of carbonyl (C=O) groups is 1. The van der Waals surface area contributed by atoms with Gasteiger partial charge in [-0.2, -0.15) is 0 Å². The third-order valence-electron chi connectivity index (χ3n) is 3.18. The second kappa shape index (κ2) is 7.09. The van der Waals surface area contributed by atoms with Crippen molar-refractivity contribution in [2.24, 2.45) is 0 Å². The summed E-state index contributed by atoms with van der Waals surface area (Å²) in [6, 6.07) is 0.308. The molecule has 0 amide bonds. The first-order chi connectivity index (χ1) is 9.40. The molecule has 3 nitrogen and oxygen atoms in total. The van der Waals surface area contributed by atoms with Crippen LogP contribution in [-0.4, -0.2) is 37.1 Å². The van der Waals surface area contributed by atoms with E-state index in [1.165, 1.54) is 0 Å². The zero-order valence-electron chi connectivity index (χ0n) is 11.2. The molecule has 1 saturated heterocycles. The predicted octanol–water partition coefficient (Wildman–Crippen LogP) is 2.92. The predicted molar refractivity (Wildman–Crippen MR) is 69.5 cm³/mol. The van der Waals surface area contributed by atoms with Crippen molar-refractivity contribution in [3.8, 4) is 0 Å². The van der Waals surface area contributed by atoms with Gasteiger partial charge in [0.15, 0.2) is 23.3 Å². The number of hydrogen-bond acceptors (Lipinski definition) is 3. The molecular formula is C13H14ClF4NO2. The van der Waals surface area contributed by atoms with E-state index in [1.54, 1.807) is 0 Å². The van der Waals surface area contributed by atoms with Crippen molar-refractivity contribution in [1.82, 2.24) is 4.90 Å². The van der Waals surface area contributed by atoms with Gasteiger partial charge in [-0.05, 0) is 32.5 Å². The maximum Gasteiger partial charge on any atom is 0.341 e. The molecule has 0 aromatic heterocycles. The van der Waals surface area contributed by atoms with Crippen molar-refractivity contribution in [3.05, 3.63) is 34.9 Å². The second-order valence-corrected chi connectivity index (χ2v) is 4.78. The monoisotopic (exact) mass is 327 g/mol. The Morgan fingerprint density at radius 2 is 1.90 bits per heavy atom. The SMILES string of the molecule is CN1CCCC(OC(=O)c2cc(F)c(F)c(F)c2F)C1.Cl. The lowest BCUT2D eigenvalue weighted by Crippen LogP contribution is -2.38. The molecule has 0 aliphatic carbocycles. The minimum absolute atomic E-state index is 0. The average Bonchev–Trinajstić information content (AvgIpc) is 2.40. The molecule has 1 heterocycles. The summed E-state index contributed by atoms with van der Waals surface area (Å²) in [5.41, 5.74) is -0.936. The van der Waals surface area contributed by atoms with Crippen LogP contribution in [-0.2, 0) is 4.74 Å². The number of piperidine rings is 1. The topological polar surface area (TPSA) is 29.5 Å². The number of esters is 1. The second-order valence-electron chi connectivity index (χ2n) is 4.78. The maximum absolute atomic E-state index is 13.4. The lowest BCUT2D eigenvalue weighted by molar-refractivity contribution is 0.0102. The van der Waals surface area contributed by atoms with E-state index in [4.69, 9.17) is 4.74 Å². The van der Waals surface area contributed by atoms with Gasteiger partial charge in [0.05, 0.1) is 0 Å². The number of halogens is 5. The van der Waals surface area contributed by atoms with E-state index in [1.807, 2.05) is 11.9 Å². The summed E-state index contributed by atoms with van der Waals surface area (Å²) in [7, 11) is 1.83. The molecule has 1 aliphatic heterocycles. The largest absolute Gasteiger partial charge is 0.457 e. The van der Waals surface area contributed by atoms with E-state index >= 15 is 0 Å². The number of likely N-dealkylation sites (N-methyl/N-ethyl adjacent to an activating group) is 1. The van der Waals surface area contributed by atoms with Gasteiger partial charge in [0.25, 0.3) is 0 Å². The lowest BCUT2D eigenvalue weighted by Gasteiger charge is -2.29. The fourth-order valence-corrected chi connectivity index (χ4v) is 2.15. The highest BCUT2D eigenvalue weighted by Crippen LogP contribution is 2.21. The number of benzene rings is 1. The normalized spacial score (nSPS) is 19.0.